The summed E-state index contributed by atoms with van der Waals surface area (Å²) < 4.78 is 5.03. The second kappa shape index (κ2) is 4.78. The molecule has 1 fully saturated rings. The minimum absolute atomic E-state index is 0.745. The van der Waals surface area contributed by atoms with Gasteiger partial charge in [0, 0.05) is 13.6 Å². The molecule has 5 heteroatoms. The highest BCUT2D eigenvalue weighted by Gasteiger charge is 2.23. The molecule has 0 aliphatic heterocycles. The number of nitrogens with one attached hydrogen (secondary N) is 1. The Labute approximate surface area is 118 Å². The van der Waals surface area contributed by atoms with Crippen molar-refractivity contribution in [3.05, 3.63) is 10.5 Å². The maximum absolute atomic E-state index is 5.50. The molecular formula is C14H22N4S. The Morgan fingerprint density at radius 2 is 2.11 bits per heavy atom. The van der Waals surface area contributed by atoms with Gasteiger partial charge in [-0.15, -0.1) is 0 Å². The van der Waals surface area contributed by atoms with Crippen molar-refractivity contribution in [1.82, 2.24) is 19.3 Å². The third kappa shape index (κ3) is 2.14. The molecule has 2 unspecified atom stereocenters. The van der Waals surface area contributed by atoms with Gasteiger partial charge in [0.1, 0.15) is 5.52 Å². The topological polar surface area (TPSA) is 38.5 Å². The zero-order valence-electron chi connectivity index (χ0n) is 11.9. The summed E-state index contributed by atoms with van der Waals surface area (Å²) in [6, 6.07) is 0. The summed E-state index contributed by atoms with van der Waals surface area (Å²) in [5.41, 5.74) is 3.26. The van der Waals surface area contributed by atoms with Gasteiger partial charge in [-0.1, -0.05) is 26.2 Å². The van der Waals surface area contributed by atoms with Gasteiger partial charge in [-0.2, -0.15) is 5.10 Å². The standard InChI is InChI=1S/C14H22N4S/c1-9-6-4-5-7-11(9)8-18-13-12(15-14(18)19)10(2)16-17(13)3/h9,11H,4-8H2,1-3H3,(H,15,19). The molecule has 0 saturated heterocycles. The number of aromatic nitrogens is 4. The van der Waals surface area contributed by atoms with E-state index in [1.54, 1.807) is 0 Å². The first kappa shape index (κ1) is 12.9. The predicted molar refractivity (Wildman–Crippen MR) is 79.7 cm³/mol. The Morgan fingerprint density at radius 3 is 2.84 bits per heavy atom. The second-order valence-corrected chi connectivity index (χ2v) is 6.36. The smallest absolute Gasteiger partial charge is 0.179 e. The first-order valence-corrected chi connectivity index (χ1v) is 7.61. The summed E-state index contributed by atoms with van der Waals surface area (Å²) in [6.45, 7) is 5.44. The van der Waals surface area contributed by atoms with Gasteiger partial charge >= 0.3 is 0 Å². The predicted octanol–water partition coefficient (Wildman–Crippen LogP) is 3.57. The van der Waals surface area contributed by atoms with Crippen LogP contribution in [0.1, 0.15) is 38.3 Å². The average Bonchev–Trinajstić information content (AvgIpc) is 2.82. The summed E-state index contributed by atoms with van der Waals surface area (Å²) in [5.74, 6) is 1.55. The molecule has 0 spiro atoms. The van der Waals surface area contributed by atoms with Crippen LogP contribution in [0.25, 0.3) is 11.2 Å². The van der Waals surface area contributed by atoms with Crippen molar-refractivity contribution >= 4 is 23.4 Å². The van der Waals surface area contributed by atoms with Crippen molar-refractivity contribution < 1.29 is 0 Å². The summed E-state index contributed by atoms with van der Waals surface area (Å²) in [5, 5.41) is 4.48. The summed E-state index contributed by atoms with van der Waals surface area (Å²) in [7, 11) is 2.00. The van der Waals surface area contributed by atoms with Gasteiger partial charge in [0.2, 0.25) is 0 Å². The maximum atomic E-state index is 5.50. The molecule has 2 atom stereocenters. The van der Waals surface area contributed by atoms with E-state index in [-0.39, 0.29) is 0 Å². The van der Waals surface area contributed by atoms with E-state index in [0.29, 0.717) is 0 Å². The van der Waals surface area contributed by atoms with Crippen molar-refractivity contribution in [1.29, 1.82) is 0 Å². The molecule has 2 aromatic heterocycles. The fourth-order valence-electron chi connectivity index (χ4n) is 3.44. The van der Waals surface area contributed by atoms with Crippen molar-refractivity contribution in [3.8, 4) is 0 Å². The van der Waals surface area contributed by atoms with E-state index in [2.05, 4.69) is 21.6 Å². The molecule has 1 aliphatic carbocycles. The number of hydrogen-bond acceptors (Lipinski definition) is 2. The molecule has 19 heavy (non-hydrogen) atoms. The fraction of sp³-hybridized carbons (Fsp3) is 0.714. The van der Waals surface area contributed by atoms with Gasteiger partial charge in [-0.25, -0.2) is 0 Å². The second-order valence-electron chi connectivity index (χ2n) is 5.97. The number of aryl methyl sites for hydroxylation is 2. The minimum Gasteiger partial charge on any atom is -0.328 e. The molecule has 0 radical (unpaired) electrons. The van der Waals surface area contributed by atoms with Gasteiger partial charge in [-0.05, 0) is 37.4 Å². The highest BCUT2D eigenvalue weighted by molar-refractivity contribution is 7.71. The van der Waals surface area contributed by atoms with E-state index < -0.39 is 0 Å². The Balaban J connectivity index is 2.00. The molecule has 0 bridgehead atoms. The average molecular weight is 278 g/mol. The van der Waals surface area contributed by atoms with Crippen LogP contribution in [0.15, 0.2) is 0 Å². The van der Waals surface area contributed by atoms with Crippen LogP contribution in [0.2, 0.25) is 0 Å². The lowest BCUT2D eigenvalue weighted by atomic mass is 9.80. The van der Waals surface area contributed by atoms with Crippen LogP contribution in [-0.4, -0.2) is 19.3 Å². The number of hydrogen-bond donors (Lipinski definition) is 1. The zero-order valence-corrected chi connectivity index (χ0v) is 12.8. The lowest BCUT2D eigenvalue weighted by molar-refractivity contribution is 0.229. The molecular weight excluding hydrogens is 256 g/mol. The minimum atomic E-state index is 0.745. The van der Waals surface area contributed by atoms with Crippen LogP contribution >= 0.6 is 12.2 Å². The van der Waals surface area contributed by atoms with Gasteiger partial charge in [0.05, 0.1) is 5.69 Å². The number of aromatic amines is 1. The molecule has 0 amide bonds. The van der Waals surface area contributed by atoms with Crippen LogP contribution in [0.4, 0.5) is 0 Å². The van der Waals surface area contributed by atoms with Crippen molar-refractivity contribution in [2.45, 2.75) is 46.1 Å². The highest BCUT2D eigenvalue weighted by atomic mass is 32.1. The number of rotatable bonds is 2. The molecule has 2 aromatic rings. The molecule has 104 valence electrons. The summed E-state index contributed by atoms with van der Waals surface area (Å²) >= 11 is 5.50. The van der Waals surface area contributed by atoms with Crippen LogP contribution in [-0.2, 0) is 13.6 Å². The van der Waals surface area contributed by atoms with Crippen LogP contribution in [0.3, 0.4) is 0 Å². The molecule has 0 aromatic carbocycles. The number of H-pyrrole nitrogens is 1. The first-order valence-electron chi connectivity index (χ1n) is 7.20. The highest BCUT2D eigenvalue weighted by Crippen LogP contribution is 2.31. The van der Waals surface area contributed by atoms with E-state index >= 15 is 0 Å². The molecule has 2 heterocycles. The third-order valence-corrected chi connectivity index (χ3v) is 4.95. The maximum Gasteiger partial charge on any atom is 0.179 e. The normalized spacial score (nSPS) is 24.2. The lowest BCUT2D eigenvalue weighted by Gasteiger charge is -2.29. The largest absolute Gasteiger partial charge is 0.328 e. The molecule has 1 N–H and O–H groups in total. The van der Waals surface area contributed by atoms with Gasteiger partial charge in [0.25, 0.3) is 0 Å². The SMILES string of the molecule is Cc1nn(C)c2c1[nH]c(=S)n2CC1CCCCC1C. The van der Waals surface area contributed by atoms with Crippen LogP contribution in [0.5, 0.6) is 0 Å². The molecule has 1 aliphatic rings. The van der Waals surface area contributed by atoms with E-state index in [1.165, 1.54) is 25.7 Å². The van der Waals surface area contributed by atoms with Gasteiger partial charge < -0.3 is 9.55 Å². The monoisotopic (exact) mass is 278 g/mol. The Hall–Kier alpha value is -1.10. The van der Waals surface area contributed by atoms with Gasteiger partial charge in [0.15, 0.2) is 10.4 Å². The zero-order chi connectivity index (χ0) is 13.6. The van der Waals surface area contributed by atoms with E-state index in [0.717, 1.165) is 40.0 Å². The van der Waals surface area contributed by atoms with Crippen molar-refractivity contribution in [3.63, 3.8) is 0 Å². The van der Waals surface area contributed by atoms with E-state index in [4.69, 9.17) is 12.2 Å². The molecule has 4 nitrogen and oxygen atoms in total. The Bertz CT molecular complexity index is 648. The molecule has 1 saturated carbocycles. The van der Waals surface area contributed by atoms with E-state index in [9.17, 15) is 0 Å². The number of fused-ring (bicyclic) bond motifs is 1. The molecule has 3 rings (SSSR count). The lowest BCUT2D eigenvalue weighted by Crippen LogP contribution is -2.22. The number of imidazole rings is 1. The third-order valence-electron chi connectivity index (χ3n) is 4.63. The Morgan fingerprint density at radius 1 is 1.37 bits per heavy atom. The Kier molecular flexibility index (Phi) is 3.25. The van der Waals surface area contributed by atoms with Crippen molar-refractivity contribution in [2.24, 2.45) is 18.9 Å². The van der Waals surface area contributed by atoms with Crippen molar-refractivity contribution in [2.75, 3.05) is 0 Å². The van der Waals surface area contributed by atoms with E-state index in [1.807, 2.05) is 18.7 Å². The van der Waals surface area contributed by atoms with Crippen LogP contribution < -0.4 is 0 Å². The van der Waals surface area contributed by atoms with Gasteiger partial charge in [-0.3, -0.25) is 4.68 Å². The fourth-order valence-corrected chi connectivity index (χ4v) is 3.70. The summed E-state index contributed by atoms with van der Waals surface area (Å²) in [6.07, 6.45) is 5.43. The number of nitrogens with zero attached hydrogens (tertiary/aromatic N) is 3. The summed E-state index contributed by atoms with van der Waals surface area (Å²) in [4.78, 5) is 3.32. The van der Waals surface area contributed by atoms with Crippen LogP contribution in [0, 0.1) is 23.5 Å². The quantitative estimate of drug-likeness (QED) is 0.853. The first-order chi connectivity index (χ1) is 9.08.